The van der Waals surface area contributed by atoms with Crippen LogP contribution in [-0.4, -0.2) is 35.5 Å². The Morgan fingerprint density at radius 3 is 2.33 bits per heavy atom. The minimum atomic E-state index is -1.12. The van der Waals surface area contributed by atoms with E-state index >= 15 is 0 Å². The van der Waals surface area contributed by atoms with Gasteiger partial charge in [0.15, 0.2) is 0 Å². The van der Waals surface area contributed by atoms with E-state index in [1.165, 1.54) is 4.90 Å². The summed E-state index contributed by atoms with van der Waals surface area (Å²) < 4.78 is 0. The van der Waals surface area contributed by atoms with Gasteiger partial charge in [0.25, 0.3) is 0 Å². The highest BCUT2D eigenvalue weighted by molar-refractivity contribution is 6.35. The van der Waals surface area contributed by atoms with E-state index in [9.17, 15) is 14.4 Å². The fraction of sp³-hybridized carbons (Fsp3) is 0.438. The molecule has 0 aromatic heterocycles. The van der Waals surface area contributed by atoms with Gasteiger partial charge in [0.1, 0.15) is 12.0 Å². The molecular formula is C16H18Cl2N2O4. The van der Waals surface area contributed by atoms with Gasteiger partial charge in [-0.3, -0.25) is 9.59 Å². The summed E-state index contributed by atoms with van der Waals surface area (Å²) in [5, 5.41) is 12.4. The zero-order valence-corrected chi connectivity index (χ0v) is 14.8. The van der Waals surface area contributed by atoms with Crippen molar-refractivity contribution >= 4 is 46.7 Å². The van der Waals surface area contributed by atoms with Crippen molar-refractivity contribution in [3.63, 3.8) is 0 Å². The van der Waals surface area contributed by atoms with E-state index in [2.05, 4.69) is 5.32 Å². The molecule has 2 atom stereocenters. The SMILES string of the molecule is CC(C)[C@@H](NC(=O)C1CCN(c2cc(Cl)cc(Cl)c2)C1=O)C(=O)O. The first-order valence-electron chi connectivity index (χ1n) is 7.51. The molecular weight excluding hydrogens is 355 g/mol. The van der Waals surface area contributed by atoms with Gasteiger partial charge in [-0.1, -0.05) is 37.0 Å². The summed E-state index contributed by atoms with van der Waals surface area (Å²) in [6.07, 6.45) is 0.305. The monoisotopic (exact) mass is 372 g/mol. The lowest BCUT2D eigenvalue weighted by atomic mass is 10.0. The fourth-order valence-electron chi connectivity index (χ4n) is 2.64. The number of carboxylic acid groups (broad SMARTS) is 1. The van der Waals surface area contributed by atoms with Gasteiger partial charge in [-0.15, -0.1) is 0 Å². The van der Waals surface area contributed by atoms with Crippen LogP contribution in [0.4, 0.5) is 5.69 Å². The van der Waals surface area contributed by atoms with E-state index in [1.807, 2.05) is 0 Å². The van der Waals surface area contributed by atoms with Gasteiger partial charge in [-0.05, 0) is 30.5 Å². The van der Waals surface area contributed by atoms with Crippen molar-refractivity contribution in [1.82, 2.24) is 5.32 Å². The Bertz CT molecular complexity index is 658. The predicted molar refractivity (Wildman–Crippen MR) is 91.3 cm³/mol. The number of anilines is 1. The Morgan fingerprint density at radius 2 is 1.83 bits per heavy atom. The van der Waals surface area contributed by atoms with E-state index in [1.54, 1.807) is 32.0 Å². The fourth-order valence-corrected chi connectivity index (χ4v) is 3.16. The largest absolute Gasteiger partial charge is 0.480 e. The number of carboxylic acids is 1. The Kier molecular flexibility index (Phi) is 5.72. The number of hydrogen-bond acceptors (Lipinski definition) is 3. The average molecular weight is 373 g/mol. The van der Waals surface area contributed by atoms with Crippen LogP contribution in [0.5, 0.6) is 0 Å². The highest BCUT2D eigenvalue weighted by Gasteiger charge is 2.39. The molecule has 6 nitrogen and oxygen atoms in total. The van der Waals surface area contributed by atoms with Gasteiger partial charge >= 0.3 is 5.97 Å². The number of rotatable bonds is 5. The van der Waals surface area contributed by atoms with E-state index in [-0.39, 0.29) is 5.92 Å². The summed E-state index contributed by atoms with van der Waals surface area (Å²) in [4.78, 5) is 37.5. The lowest BCUT2D eigenvalue weighted by Crippen LogP contribution is -2.48. The molecule has 1 unspecified atom stereocenters. The van der Waals surface area contributed by atoms with E-state index < -0.39 is 29.7 Å². The first kappa shape index (κ1) is 18.5. The molecule has 1 aromatic rings. The number of nitrogens with one attached hydrogen (secondary N) is 1. The van der Waals surface area contributed by atoms with Crippen molar-refractivity contribution in [2.24, 2.45) is 11.8 Å². The number of aliphatic carboxylic acids is 1. The van der Waals surface area contributed by atoms with Crippen LogP contribution in [0.15, 0.2) is 18.2 Å². The van der Waals surface area contributed by atoms with Crippen molar-refractivity contribution in [2.75, 3.05) is 11.4 Å². The number of benzene rings is 1. The minimum absolute atomic E-state index is 0.286. The van der Waals surface area contributed by atoms with E-state index in [4.69, 9.17) is 28.3 Å². The molecule has 130 valence electrons. The number of hydrogen-bond donors (Lipinski definition) is 2. The molecule has 8 heteroatoms. The van der Waals surface area contributed by atoms with Gasteiger partial charge in [0, 0.05) is 22.3 Å². The Morgan fingerprint density at radius 1 is 1.25 bits per heavy atom. The first-order valence-corrected chi connectivity index (χ1v) is 8.27. The number of halogens is 2. The van der Waals surface area contributed by atoms with Crippen LogP contribution in [-0.2, 0) is 14.4 Å². The predicted octanol–water partition coefficient (Wildman–Crippen LogP) is 2.57. The number of nitrogens with zero attached hydrogens (tertiary/aromatic N) is 1. The number of carbonyl (C=O) groups is 3. The second-order valence-electron chi connectivity index (χ2n) is 6.03. The summed E-state index contributed by atoms with van der Waals surface area (Å²) in [7, 11) is 0. The van der Waals surface area contributed by atoms with Gasteiger partial charge in [-0.25, -0.2) is 4.79 Å². The highest BCUT2D eigenvalue weighted by Crippen LogP contribution is 2.30. The normalized spacial score (nSPS) is 18.8. The van der Waals surface area contributed by atoms with E-state index in [0.29, 0.717) is 28.7 Å². The zero-order valence-electron chi connectivity index (χ0n) is 13.3. The molecule has 1 aliphatic rings. The molecule has 1 heterocycles. The van der Waals surface area contributed by atoms with Gasteiger partial charge in [-0.2, -0.15) is 0 Å². The quantitative estimate of drug-likeness (QED) is 0.777. The van der Waals surface area contributed by atoms with Crippen LogP contribution >= 0.6 is 23.2 Å². The second kappa shape index (κ2) is 7.40. The lowest BCUT2D eigenvalue weighted by Gasteiger charge is -2.20. The molecule has 0 radical (unpaired) electrons. The molecule has 1 aliphatic heterocycles. The number of carbonyl (C=O) groups excluding carboxylic acids is 2. The third-order valence-corrected chi connectivity index (χ3v) is 4.35. The van der Waals surface area contributed by atoms with Crippen molar-refractivity contribution in [1.29, 1.82) is 0 Å². The van der Waals surface area contributed by atoms with Crippen LogP contribution in [0.3, 0.4) is 0 Å². The standard InChI is InChI=1S/C16H18Cl2N2O4/c1-8(2)13(16(23)24)19-14(21)12-3-4-20(15(12)22)11-6-9(17)5-10(18)7-11/h5-8,12-13H,3-4H2,1-2H3,(H,19,21)(H,23,24)/t12?,13-/m1/s1. The Labute approximate surface area is 149 Å². The molecule has 0 saturated carbocycles. The van der Waals surface area contributed by atoms with Crippen LogP contribution < -0.4 is 10.2 Å². The van der Waals surface area contributed by atoms with Gasteiger partial charge < -0.3 is 15.3 Å². The van der Waals surface area contributed by atoms with Crippen molar-refractivity contribution in [3.8, 4) is 0 Å². The maximum absolute atomic E-state index is 12.5. The molecule has 1 fully saturated rings. The summed E-state index contributed by atoms with van der Waals surface area (Å²) in [6, 6.07) is 3.72. The molecule has 2 N–H and O–H groups in total. The molecule has 2 rings (SSSR count). The van der Waals surface area contributed by atoms with E-state index in [0.717, 1.165) is 0 Å². The van der Waals surface area contributed by atoms with Crippen LogP contribution in [0.25, 0.3) is 0 Å². The topological polar surface area (TPSA) is 86.7 Å². The Hall–Kier alpha value is -1.79. The molecule has 1 aromatic carbocycles. The first-order chi connectivity index (χ1) is 11.2. The average Bonchev–Trinajstić information content (AvgIpc) is 2.84. The van der Waals surface area contributed by atoms with Crippen LogP contribution in [0, 0.1) is 11.8 Å². The highest BCUT2D eigenvalue weighted by atomic mass is 35.5. The minimum Gasteiger partial charge on any atom is -0.480 e. The summed E-state index contributed by atoms with van der Waals surface area (Å²) in [5.41, 5.74) is 0.520. The summed E-state index contributed by atoms with van der Waals surface area (Å²) >= 11 is 11.9. The smallest absolute Gasteiger partial charge is 0.326 e. The molecule has 1 saturated heterocycles. The lowest BCUT2D eigenvalue weighted by molar-refractivity contribution is -0.144. The third-order valence-electron chi connectivity index (χ3n) is 3.91. The van der Waals surface area contributed by atoms with Crippen LogP contribution in [0.1, 0.15) is 20.3 Å². The third kappa shape index (κ3) is 3.99. The van der Waals surface area contributed by atoms with Gasteiger partial charge in [0.05, 0.1) is 0 Å². The van der Waals surface area contributed by atoms with Crippen molar-refractivity contribution in [2.45, 2.75) is 26.3 Å². The Balaban J connectivity index is 2.13. The van der Waals surface area contributed by atoms with Crippen LogP contribution in [0.2, 0.25) is 10.0 Å². The second-order valence-corrected chi connectivity index (χ2v) is 6.90. The van der Waals surface area contributed by atoms with Gasteiger partial charge in [0.2, 0.25) is 11.8 Å². The molecule has 2 amide bonds. The molecule has 0 bridgehead atoms. The van der Waals surface area contributed by atoms with Crippen molar-refractivity contribution < 1.29 is 19.5 Å². The number of amides is 2. The summed E-state index contributed by atoms with van der Waals surface area (Å²) in [5.74, 6) is -3.29. The molecule has 0 spiro atoms. The molecule has 0 aliphatic carbocycles. The summed E-state index contributed by atoms with van der Waals surface area (Å²) in [6.45, 7) is 3.72. The zero-order chi connectivity index (χ0) is 18.0. The maximum atomic E-state index is 12.5. The maximum Gasteiger partial charge on any atom is 0.326 e. The van der Waals surface area contributed by atoms with Crippen molar-refractivity contribution in [3.05, 3.63) is 28.2 Å². The molecule has 24 heavy (non-hydrogen) atoms.